The van der Waals surface area contributed by atoms with Crippen LogP contribution in [-0.4, -0.2) is 53.6 Å². The van der Waals surface area contributed by atoms with Gasteiger partial charge in [-0.25, -0.2) is 4.79 Å². The van der Waals surface area contributed by atoms with Crippen LogP contribution in [-0.2, 0) is 9.53 Å². The molecule has 2 amide bonds. The van der Waals surface area contributed by atoms with Crippen LogP contribution in [0.1, 0.15) is 53.4 Å². The SMILES string of the molecule is CCCCCC(=O)N1CCN(C(=O)OC(C)(C)C)CC1. The molecule has 0 radical (unpaired) electrons. The van der Waals surface area contributed by atoms with Crippen molar-refractivity contribution in [2.75, 3.05) is 26.2 Å². The van der Waals surface area contributed by atoms with Crippen LogP contribution in [0.25, 0.3) is 0 Å². The van der Waals surface area contributed by atoms with Crippen molar-refractivity contribution >= 4 is 12.0 Å². The van der Waals surface area contributed by atoms with Gasteiger partial charge in [-0.05, 0) is 27.2 Å². The second-order valence-electron chi connectivity index (χ2n) is 6.31. The molecule has 0 aromatic carbocycles. The van der Waals surface area contributed by atoms with Crippen LogP contribution in [0.4, 0.5) is 4.79 Å². The summed E-state index contributed by atoms with van der Waals surface area (Å²) in [5.74, 6) is 0.210. The topological polar surface area (TPSA) is 49.9 Å². The number of rotatable bonds is 4. The highest BCUT2D eigenvalue weighted by Gasteiger charge is 2.27. The Labute approximate surface area is 122 Å². The molecule has 1 saturated heterocycles. The molecule has 5 heteroatoms. The van der Waals surface area contributed by atoms with E-state index in [0.717, 1.165) is 19.3 Å². The van der Waals surface area contributed by atoms with E-state index in [1.807, 2.05) is 25.7 Å². The van der Waals surface area contributed by atoms with Gasteiger partial charge in [0, 0.05) is 32.6 Å². The molecule has 0 unspecified atom stereocenters. The zero-order valence-electron chi connectivity index (χ0n) is 13.3. The number of carbonyl (C=O) groups excluding carboxylic acids is 2. The van der Waals surface area contributed by atoms with Crippen LogP contribution in [0.5, 0.6) is 0 Å². The van der Waals surface area contributed by atoms with Crippen LogP contribution in [0.15, 0.2) is 0 Å². The lowest BCUT2D eigenvalue weighted by molar-refractivity contribution is -0.133. The number of amides is 2. The molecule has 116 valence electrons. The van der Waals surface area contributed by atoms with Crippen LogP contribution < -0.4 is 0 Å². The number of hydrogen-bond acceptors (Lipinski definition) is 3. The summed E-state index contributed by atoms with van der Waals surface area (Å²) in [7, 11) is 0. The smallest absolute Gasteiger partial charge is 0.410 e. The lowest BCUT2D eigenvalue weighted by Gasteiger charge is -2.35. The largest absolute Gasteiger partial charge is 0.444 e. The van der Waals surface area contributed by atoms with Crippen molar-refractivity contribution in [2.45, 2.75) is 59.0 Å². The Morgan fingerprint density at radius 1 is 1.00 bits per heavy atom. The molecular weight excluding hydrogens is 256 g/mol. The fourth-order valence-electron chi connectivity index (χ4n) is 2.15. The summed E-state index contributed by atoms with van der Waals surface area (Å²) in [6, 6.07) is 0. The van der Waals surface area contributed by atoms with Gasteiger partial charge < -0.3 is 14.5 Å². The molecule has 0 bridgehead atoms. The van der Waals surface area contributed by atoms with Crippen molar-refractivity contribution in [3.63, 3.8) is 0 Å². The standard InChI is InChI=1S/C15H28N2O3/c1-5-6-7-8-13(18)16-9-11-17(12-10-16)14(19)20-15(2,3)4/h5-12H2,1-4H3. The molecule has 20 heavy (non-hydrogen) atoms. The van der Waals surface area contributed by atoms with E-state index >= 15 is 0 Å². The average Bonchev–Trinajstić information content (AvgIpc) is 2.37. The first-order valence-electron chi connectivity index (χ1n) is 7.59. The molecule has 0 aromatic rings. The Balaban J connectivity index is 2.32. The Morgan fingerprint density at radius 3 is 2.05 bits per heavy atom. The Bertz CT molecular complexity index is 329. The van der Waals surface area contributed by atoms with Crippen molar-refractivity contribution in [1.29, 1.82) is 0 Å². The summed E-state index contributed by atoms with van der Waals surface area (Å²) in [5.41, 5.74) is -0.468. The fourth-order valence-corrected chi connectivity index (χ4v) is 2.15. The second-order valence-corrected chi connectivity index (χ2v) is 6.31. The lowest BCUT2D eigenvalue weighted by atomic mass is 10.2. The van der Waals surface area contributed by atoms with Crippen LogP contribution in [0.3, 0.4) is 0 Å². The van der Waals surface area contributed by atoms with Gasteiger partial charge in [-0.1, -0.05) is 19.8 Å². The van der Waals surface area contributed by atoms with Crippen LogP contribution >= 0.6 is 0 Å². The molecule has 1 aliphatic heterocycles. The monoisotopic (exact) mass is 284 g/mol. The van der Waals surface area contributed by atoms with E-state index in [1.54, 1.807) is 4.90 Å². The average molecular weight is 284 g/mol. The molecule has 5 nitrogen and oxygen atoms in total. The van der Waals surface area contributed by atoms with E-state index in [9.17, 15) is 9.59 Å². The summed E-state index contributed by atoms with van der Waals surface area (Å²) in [5, 5.41) is 0. The molecule has 1 fully saturated rings. The van der Waals surface area contributed by atoms with Gasteiger partial charge >= 0.3 is 6.09 Å². The third kappa shape index (κ3) is 5.80. The molecule has 0 atom stereocenters. The first kappa shape index (κ1) is 16.8. The van der Waals surface area contributed by atoms with Crippen molar-refractivity contribution in [1.82, 2.24) is 9.80 Å². The number of piperazine rings is 1. The molecular formula is C15H28N2O3. The number of hydrogen-bond donors (Lipinski definition) is 0. The van der Waals surface area contributed by atoms with Gasteiger partial charge in [-0.3, -0.25) is 4.79 Å². The summed E-state index contributed by atoms with van der Waals surface area (Å²) in [6.45, 7) is 10.1. The molecule has 0 aromatic heterocycles. The predicted molar refractivity (Wildman–Crippen MR) is 78.5 cm³/mol. The third-order valence-corrected chi connectivity index (χ3v) is 3.28. The maximum atomic E-state index is 12.0. The highest BCUT2D eigenvalue weighted by molar-refractivity contribution is 5.76. The molecule has 0 spiro atoms. The zero-order chi connectivity index (χ0) is 15.2. The molecule has 1 heterocycles. The highest BCUT2D eigenvalue weighted by atomic mass is 16.6. The van der Waals surface area contributed by atoms with Gasteiger partial charge in [0.25, 0.3) is 0 Å². The number of ether oxygens (including phenoxy) is 1. The molecule has 1 aliphatic rings. The number of carbonyl (C=O) groups is 2. The van der Waals surface area contributed by atoms with Crippen molar-refractivity contribution in [3.05, 3.63) is 0 Å². The fraction of sp³-hybridized carbons (Fsp3) is 0.867. The van der Waals surface area contributed by atoms with Crippen molar-refractivity contribution < 1.29 is 14.3 Å². The van der Waals surface area contributed by atoms with Crippen LogP contribution in [0, 0.1) is 0 Å². The van der Waals surface area contributed by atoms with E-state index < -0.39 is 5.60 Å². The first-order chi connectivity index (χ1) is 9.33. The predicted octanol–water partition coefficient (Wildman–Crippen LogP) is 2.65. The normalized spacial score (nSPS) is 16.2. The molecule has 0 N–H and O–H groups in total. The van der Waals surface area contributed by atoms with Gasteiger partial charge in [0.1, 0.15) is 5.60 Å². The molecule has 0 aliphatic carbocycles. The van der Waals surface area contributed by atoms with Gasteiger partial charge in [0.2, 0.25) is 5.91 Å². The van der Waals surface area contributed by atoms with E-state index in [2.05, 4.69) is 6.92 Å². The summed E-state index contributed by atoms with van der Waals surface area (Å²) < 4.78 is 5.34. The third-order valence-electron chi connectivity index (χ3n) is 3.28. The zero-order valence-corrected chi connectivity index (χ0v) is 13.3. The Kier molecular flexibility index (Phi) is 6.30. The maximum absolute atomic E-state index is 12.0. The van der Waals surface area contributed by atoms with Gasteiger partial charge in [-0.15, -0.1) is 0 Å². The maximum Gasteiger partial charge on any atom is 0.410 e. The van der Waals surface area contributed by atoms with Gasteiger partial charge in [0.05, 0.1) is 0 Å². The number of nitrogens with zero attached hydrogens (tertiary/aromatic N) is 2. The van der Waals surface area contributed by atoms with Gasteiger partial charge in [-0.2, -0.15) is 0 Å². The Morgan fingerprint density at radius 2 is 1.55 bits per heavy atom. The Hall–Kier alpha value is -1.26. The minimum atomic E-state index is -0.468. The summed E-state index contributed by atoms with van der Waals surface area (Å²) in [6.07, 6.45) is 3.53. The summed E-state index contributed by atoms with van der Waals surface area (Å²) in [4.78, 5) is 27.4. The molecule has 0 saturated carbocycles. The van der Waals surface area contributed by atoms with E-state index in [1.165, 1.54) is 0 Å². The minimum Gasteiger partial charge on any atom is -0.444 e. The second kappa shape index (κ2) is 7.50. The van der Waals surface area contributed by atoms with Crippen molar-refractivity contribution in [2.24, 2.45) is 0 Å². The lowest BCUT2D eigenvalue weighted by Crippen LogP contribution is -2.51. The van der Waals surface area contributed by atoms with E-state index in [4.69, 9.17) is 4.74 Å². The van der Waals surface area contributed by atoms with E-state index in [-0.39, 0.29) is 12.0 Å². The van der Waals surface area contributed by atoms with E-state index in [0.29, 0.717) is 32.6 Å². The van der Waals surface area contributed by atoms with Crippen molar-refractivity contribution in [3.8, 4) is 0 Å². The van der Waals surface area contributed by atoms with Crippen LogP contribution in [0.2, 0.25) is 0 Å². The minimum absolute atomic E-state index is 0.210. The first-order valence-corrected chi connectivity index (χ1v) is 7.59. The summed E-state index contributed by atoms with van der Waals surface area (Å²) >= 11 is 0. The quantitative estimate of drug-likeness (QED) is 0.746. The highest BCUT2D eigenvalue weighted by Crippen LogP contribution is 2.12. The number of unbranched alkanes of at least 4 members (excludes halogenated alkanes) is 2. The molecule has 1 rings (SSSR count). The van der Waals surface area contributed by atoms with Gasteiger partial charge in [0.15, 0.2) is 0 Å².